The standard InChI is InChI=1S/C25H19N7OS/c1-16-6-2-5-9-21(16)32-24(17-10-12-27-13-11-17)30-31-25(32)34-15-22(33)18(14-26)23-28-19-7-3-4-8-20(19)29-23/h2-13,33H,15H2,1H3,(H,28,29). The molecular weight excluding hydrogens is 446 g/mol. The van der Waals surface area contributed by atoms with Crippen molar-refractivity contribution >= 4 is 28.4 Å². The second kappa shape index (κ2) is 9.21. The van der Waals surface area contributed by atoms with Crippen molar-refractivity contribution in [1.82, 2.24) is 29.7 Å². The summed E-state index contributed by atoms with van der Waals surface area (Å²) in [5, 5.41) is 29.9. The van der Waals surface area contributed by atoms with Crippen LogP contribution in [-0.2, 0) is 0 Å². The first-order chi connectivity index (χ1) is 16.7. The summed E-state index contributed by atoms with van der Waals surface area (Å²) < 4.78 is 1.95. The number of aryl methyl sites for hydroxylation is 1. The molecule has 5 aromatic rings. The number of nitrogens with zero attached hydrogens (tertiary/aromatic N) is 6. The summed E-state index contributed by atoms with van der Waals surface area (Å²) in [6.07, 6.45) is 3.42. The van der Waals surface area contributed by atoms with Gasteiger partial charge in [0.2, 0.25) is 0 Å². The van der Waals surface area contributed by atoms with Crippen molar-refractivity contribution in [3.8, 4) is 23.1 Å². The van der Waals surface area contributed by atoms with Crippen LogP contribution in [0.1, 0.15) is 11.4 Å². The van der Waals surface area contributed by atoms with E-state index in [9.17, 15) is 10.4 Å². The van der Waals surface area contributed by atoms with E-state index in [0.29, 0.717) is 16.8 Å². The molecular formula is C25H19N7OS. The second-order valence-electron chi connectivity index (χ2n) is 7.49. The van der Waals surface area contributed by atoms with Crippen molar-refractivity contribution in [2.75, 3.05) is 5.75 Å². The molecule has 0 unspecified atom stereocenters. The van der Waals surface area contributed by atoms with E-state index in [1.165, 1.54) is 11.8 Å². The Kier molecular flexibility index (Phi) is 5.81. The number of para-hydroxylation sites is 3. The Balaban J connectivity index is 1.51. The number of nitriles is 1. The van der Waals surface area contributed by atoms with Crippen LogP contribution in [0.3, 0.4) is 0 Å². The van der Waals surface area contributed by atoms with Crippen molar-refractivity contribution in [2.45, 2.75) is 12.1 Å². The van der Waals surface area contributed by atoms with Gasteiger partial charge in [-0.3, -0.25) is 9.55 Å². The number of aromatic nitrogens is 6. The molecule has 0 saturated heterocycles. The highest BCUT2D eigenvalue weighted by Gasteiger charge is 2.19. The van der Waals surface area contributed by atoms with Crippen LogP contribution in [0.25, 0.3) is 33.7 Å². The average molecular weight is 466 g/mol. The van der Waals surface area contributed by atoms with Gasteiger partial charge in [0.1, 0.15) is 17.4 Å². The van der Waals surface area contributed by atoms with E-state index in [1.807, 2.05) is 72.2 Å². The Labute approximate surface area is 199 Å². The predicted octanol–water partition coefficient (Wildman–Crippen LogP) is 5.10. The van der Waals surface area contributed by atoms with Crippen LogP contribution in [0.2, 0.25) is 0 Å². The lowest BCUT2D eigenvalue weighted by molar-refractivity contribution is 0.420. The fourth-order valence-corrected chi connectivity index (χ4v) is 4.44. The average Bonchev–Trinajstić information content (AvgIpc) is 3.48. The molecule has 0 aliphatic heterocycles. The molecule has 2 aromatic carbocycles. The number of nitrogens with one attached hydrogen (secondary N) is 1. The molecule has 9 heteroatoms. The van der Waals surface area contributed by atoms with Gasteiger partial charge < -0.3 is 10.1 Å². The molecule has 8 nitrogen and oxygen atoms in total. The van der Waals surface area contributed by atoms with Gasteiger partial charge in [-0.15, -0.1) is 10.2 Å². The van der Waals surface area contributed by atoms with Crippen LogP contribution in [-0.4, -0.2) is 40.6 Å². The lowest BCUT2D eigenvalue weighted by Gasteiger charge is -2.12. The van der Waals surface area contributed by atoms with Crippen LogP contribution in [0.15, 0.2) is 84.0 Å². The zero-order valence-electron chi connectivity index (χ0n) is 18.2. The quantitative estimate of drug-likeness (QED) is 0.204. The maximum absolute atomic E-state index is 10.8. The Morgan fingerprint density at radius 2 is 1.82 bits per heavy atom. The maximum Gasteiger partial charge on any atom is 0.196 e. The third kappa shape index (κ3) is 4.02. The van der Waals surface area contributed by atoms with E-state index in [4.69, 9.17) is 0 Å². The molecule has 0 saturated carbocycles. The summed E-state index contributed by atoms with van der Waals surface area (Å²) in [6.45, 7) is 2.02. The number of fused-ring (bicyclic) bond motifs is 1. The van der Waals surface area contributed by atoms with Crippen LogP contribution in [0, 0.1) is 18.3 Å². The maximum atomic E-state index is 10.8. The summed E-state index contributed by atoms with van der Waals surface area (Å²) in [5.41, 5.74) is 4.48. The van der Waals surface area contributed by atoms with Crippen molar-refractivity contribution in [3.63, 3.8) is 0 Å². The number of rotatable bonds is 6. The minimum atomic E-state index is -0.0867. The summed E-state index contributed by atoms with van der Waals surface area (Å²) >= 11 is 1.29. The molecule has 0 aliphatic rings. The predicted molar refractivity (Wildman–Crippen MR) is 131 cm³/mol. The van der Waals surface area contributed by atoms with Crippen LogP contribution >= 0.6 is 11.8 Å². The number of thioether (sulfide) groups is 1. The molecule has 34 heavy (non-hydrogen) atoms. The number of H-pyrrole nitrogens is 1. The van der Waals surface area contributed by atoms with E-state index in [0.717, 1.165) is 27.8 Å². The highest BCUT2D eigenvalue weighted by molar-refractivity contribution is 7.99. The number of imidazole rings is 1. The topological polar surface area (TPSA) is 116 Å². The molecule has 0 aliphatic carbocycles. The first kappa shape index (κ1) is 21.4. The summed E-state index contributed by atoms with van der Waals surface area (Å²) in [4.78, 5) is 11.6. The van der Waals surface area contributed by atoms with Gasteiger partial charge in [0, 0.05) is 18.0 Å². The van der Waals surface area contributed by atoms with Crippen molar-refractivity contribution < 1.29 is 5.11 Å². The Bertz CT molecular complexity index is 1510. The molecule has 0 spiro atoms. The lowest BCUT2D eigenvalue weighted by atomic mass is 10.2. The van der Waals surface area contributed by atoms with Gasteiger partial charge in [0.15, 0.2) is 16.8 Å². The molecule has 0 fully saturated rings. The van der Waals surface area contributed by atoms with Gasteiger partial charge in [0.25, 0.3) is 0 Å². The highest BCUT2D eigenvalue weighted by Crippen LogP contribution is 2.31. The Morgan fingerprint density at radius 1 is 1.06 bits per heavy atom. The van der Waals surface area contributed by atoms with E-state index in [1.54, 1.807) is 12.4 Å². The van der Waals surface area contributed by atoms with E-state index >= 15 is 0 Å². The summed E-state index contributed by atoms with van der Waals surface area (Å²) in [7, 11) is 0. The summed E-state index contributed by atoms with van der Waals surface area (Å²) in [5.74, 6) is 1.04. The zero-order chi connectivity index (χ0) is 23.5. The number of hydrogen-bond acceptors (Lipinski definition) is 7. The molecule has 3 aromatic heterocycles. The minimum absolute atomic E-state index is 0.0867. The summed E-state index contributed by atoms with van der Waals surface area (Å²) in [6, 6.07) is 21.3. The fourth-order valence-electron chi connectivity index (χ4n) is 3.61. The molecule has 0 amide bonds. The Hall–Kier alpha value is -4.42. The smallest absolute Gasteiger partial charge is 0.196 e. The van der Waals surface area contributed by atoms with E-state index in [2.05, 4.69) is 31.2 Å². The molecule has 166 valence electrons. The largest absolute Gasteiger partial charge is 0.510 e. The number of benzene rings is 2. The van der Waals surface area contributed by atoms with Gasteiger partial charge in [0.05, 0.1) is 22.5 Å². The molecule has 0 radical (unpaired) electrons. The Morgan fingerprint density at radius 3 is 2.59 bits per heavy atom. The highest BCUT2D eigenvalue weighted by atomic mass is 32.2. The number of aliphatic hydroxyl groups excluding tert-OH is 1. The van der Waals surface area contributed by atoms with E-state index < -0.39 is 0 Å². The normalized spacial score (nSPS) is 11.9. The monoisotopic (exact) mass is 465 g/mol. The molecule has 3 heterocycles. The number of allylic oxidation sites excluding steroid dienone is 1. The third-order valence-corrected chi connectivity index (χ3v) is 6.23. The van der Waals surface area contributed by atoms with Crippen molar-refractivity contribution in [3.05, 3.63) is 90.2 Å². The number of hydrogen-bond donors (Lipinski definition) is 2. The zero-order valence-corrected chi connectivity index (χ0v) is 19.0. The van der Waals surface area contributed by atoms with E-state index in [-0.39, 0.29) is 17.1 Å². The van der Waals surface area contributed by atoms with Gasteiger partial charge >= 0.3 is 0 Å². The molecule has 2 N–H and O–H groups in total. The van der Waals surface area contributed by atoms with Crippen molar-refractivity contribution in [1.29, 1.82) is 5.26 Å². The minimum Gasteiger partial charge on any atom is -0.510 e. The number of pyridine rings is 1. The van der Waals surface area contributed by atoms with Crippen molar-refractivity contribution in [2.24, 2.45) is 0 Å². The van der Waals surface area contributed by atoms with Gasteiger partial charge in [-0.05, 0) is 42.8 Å². The first-order valence-corrected chi connectivity index (χ1v) is 11.5. The third-order valence-electron chi connectivity index (χ3n) is 5.29. The number of aromatic amines is 1. The van der Waals surface area contributed by atoms with Crippen LogP contribution in [0.5, 0.6) is 0 Å². The van der Waals surface area contributed by atoms with Gasteiger partial charge in [-0.2, -0.15) is 5.26 Å². The van der Waals surface area contributed by atoms with Crippen LogP contribution < -0.4 is 0 Å². The first-order valence-electron chi connectivity index (χ1n) is 10.5. The SMILES string of the molecule is Cc1ccccc1-n1c(SCC(O)=C(C#N)c2nc3ccccc3[nH]2)nnc1-c1ccncc1. The molecule has 5 rings (SSSR count). The molecule has 0 bridgehead atoms. The van der Waals surface area contributed by atoms with Gasteiger partial charge in [-0.25, -0.2) is 4.98 Å². The lowest BCUT2D eigenvalue weighted by Crippen LogP contribution is -2.03. The van der Waals surface area contributed by atoms with Gasteiger partial charge in [-0.1, -0.05) is 42.1 Å². The molecule has 0 atom stereocenters. The fraction of sp³-hybridized carbons (Fsp3) is 0.0800. The second-order valence-corrected chi connectivity index (χ2v) is 8.43. The van der Waals surface area contributed by atoms with Crippen LogP contribution in [0.4, 0.5) is 0 Å². The number of aliphatic hydroxyl groups is 1.